The SMILES string of the molecule is [2H]C1CN(C(=O)CCCBr)C2(CCCCC2)c2ccccc21. The van der Waals surface area contributed by atoms with Gasteiger partial charge < -0.3 is 4.90 Å². The number of hydrogen-bond acceptors (Lipinski definition) is 1. The first kappa shape index (κ1) is 13.8. The number of benzene rings is 1. The summed E-state index contributed by atoms with van der Waals surface area (Å²) in [7, 11) is 0. The van der Waals surface area contributed by atoms with Gasteiger partial charge in [0.25, 0.3) is 0 Å². The summed E-state index contributed by atoms with van der Waals surface area (Å²) in [4.78, 5) is 14.9. The van der Waals surface area contributed by atoms with E-state index in [-0.39, 0.29) is 17.8 Å². The van der Waals surface area contributed by atoms with Crippen molar-refractivity contribution in [2.75, 3.05) is 11.9 Å². The summed E-state index contributed by atoms with van der Waals surface area (Å²) in [5.74, 6) is 0.230. The first-order valence-electron chi connectivity index (χ1n) is 8.65. The Bertz CT molecular complexity index is 542. The summed E-state index contributed by atoms with van der Waals surface area (Å²) < 4.78 is 8.45. The Labute approximate surface area is 137 Å². The van der Waals surface area contributed by atoms with Gasteiger partial charge in [0.1, 0.15) is 0 Å². The smallest absolute Gasteiger partial charge is 0.223 e. The van der Waals surface area contributed by atoms with Crippen LogP contribution in [0.1, 0.15) is 57.4 Å². The zero-order chi connectivity index (χ0) is 15.6. The zero-order valence-corrected chi connectivity index (χ0v) is 14.1. The minimum Gasteiger partial charge on any atom is -0.333 e. The Morgan fingerprint density at radius 2 is 2.05 bits per heavy atom. The van der Waals surface area contributed by atoms with Crippen molar-refractivity contribution in [1.29, 1.82) is 0 Å². The summed E-state index contributed by atoms with van der Waals surface area (Å²) in [6, 6.07) is 8.34. The molecule has 1 atom stereocenters. The molecule has 1 unspecified atom stereocenters. The number of carbonyl (C=O) groups excluding carboxylic acids is 1. The van der Waals surface area contributed by atoms with Gasteiger partial charge in [-0.2, -0.15) is 0 Å². The summed E-state index contributed by atoms with van der Waals surface area (Å²) in [5.41, 5.74) is 2.23. The summed E-state index contributed by atoms with van der Waals surface area (Å²) in [5, 5.41) is 0.862. The van der Waals surface area contributed by atoms with Crippen LogP contribution in [-0.2, 0) is 16.7 Å². The van der Waals surface area contributed by atoms with Crippen LogP contribution in [0.15, 0.2) is 24.3 Å². The van der Waals surface area contributed by atoms with Gasteiger partial charge in [0.05, 0.1) is 5.54 Å². The van der Waals surface area contributed by atoms with Crippen LogP contribution >= 0.6 is 15.9 Å². The molecule has 3 rings (SSSR count). The molecule has 1 aromatic carbocycles. The number of rotatable bonds is 3. The second-order valence-electron chi connectivity index (χ2n) is 6.18. The molecule has 1 spiro atoms. The van der Waals surface area contributed by atoms with Crippen molar-refractivity contribution >= 4 is 21.8 Å². The van der Waals surface area contributed by atoms with Crippen molar-refractivity contribution in [1.82, 2.24) is 4.90 Å². The lowest BCUT2D eigenvalue weighted by Crippen LogP contribution is -2.54. The van der Waals surface area contributed by atoms with E-state index < -0.39 is 0 Å². The predicted octanol–water partition coefficient (Wildman–Crippen LogP) is 4.41. The van der Waals surface area contributed by atoms with Crippen molar-refractivity contribution in [2.45, 2.75) is 56.9 Å². The fraction of sp³-hybridized carbons (Fsp3) is 0.611. The molecular weight excluding hydrogens is 326 g/mol. The maximum atomic E-state index is 12.8. The topological polar surface area (TPSA) is 20.3 Å². The molecule has 1 fully saturated rings. The molecule has 3 heteroatoms. The first-order chi connectivity index (χ1) is 10.7. The second kappa shape index (κ2) is 6.51. The van der Waals surface area contributed by atoms with Gasteiger partial charge in [-0.15, -0.1) is 0 Å². The van der Waals surface area contributed by atoms with Gasteiger partial charge in [-0.3, -0.25) is 4.79 Å². The Morgan fingerprint density at radius 3 is 2.81 bits per heavy atom. The molecule has 1 aromatic rings. The number of amides is 1. The normalized spacial score (nSPS) is 24.5. The number of halogens is 1. The second-order valence-corrected chi connectivity index (χ2v) is 6.97. The molecule has 2 nitrogen and oxygen atoms in total. The van der Waals surface area contributed by atoms with E-state index in [1.165, 1.54) is 24.8 Å². The van der Waals surface area contributed by atoms with Crippen LogP contribution in [0.4, 0.5) is 0 Å². The van der Waals surface area contributed by atoms with Gasteiger partial charge in [-0.25, -0.2) is 0 Å². The number of fused-ring (bicyclic) bond motifs is 2. The van der Waals surface area contributed by atoms with Crippen LogP contribution in [0.2, 0.25) is 0 Å². The van der Waals surface area contributed by atoms with E-state index in [2.05, 4.69) is 39.0 Å². The Balaban J connectivity index is 2.01. The van der Waals surface area contributed by atoms with Gasteiger partial charge in [0, 0.05) is 19.7 Å². The third-order valence-corrected chi connectivity index (χ3v) is 5.54. The van der Waals surface area contributed by atoms with E-state index in [0.717, 1.165) is 30.2 Å². The fourth-order valence-corrected chi connectivity index (χ4v) is 4.26. The molecule has 1 aliphatic heterocycles. The molecule has 21 heavy (non-hydrogen) atoms. The number of nitrogens with zero attached hydrogens (tertiary/aromatic N) is 1. The molecule has 0 saturated heterocycles. The first-order valence-corrected chi connectivity index (χ1v) is 9.19. The Kier molecular flexibility index (Phi) is 4.28. The van der Waals surface area contributed by atoms with Crippen LogP contribution in [0.3, 0.4) is 0 Å². The van der Waals surface area contributed by atoms with E-state index in [1.807, 2.05) is 6.07 Å². The molecule has 1 heterocycles. The number of carbonyl (C=O) groups is 1. The highest BCUT2D eigenvalue weighted by Crippen LogP contribution is 2.46. The average molecular weight is 351 g/mol. The van der Waals surface area contributed by atoms with Crippen molar-refractivity contribution in [3.05, 3.63) is 35.4 Å². The minimum atomic E-state index is -0.309. The molecular formula is C18H24BrNO. The van der Waals surface area contributed by atoms with Crippen LogP contribution in [0, 0.1) is 0 Å². The van der Waals surface area contributed by atoms with E-state index in [4.69, 9.17) is 1.37 Å². The van der Waals surface area contributed by atoms with Crippen LogP contribution in [0.25, 0.3) is 0 Å². The Hall–Kier alpha value is -0.830. The van der Waals surface area contributed by atoms with Gasteiger partial charge >= 0.3 is 0 Å². The van der Waals surface area contributed by atoms with Gasteiger partial charge in [-0.1, -0.05) is 59.5 Å². The maximum absolute atomic E-state index is 12.8. The van der Waals surface area contributed by atoms with Gasteiger partial charge in [-0.05, 0) is 36.8 Å². The zero-order valence-electron chi connectivity index (χ0n) is 13.5. The lowest BCUT2D eigenvalue weighted by molar-refractivity contribution is -0.140. The number of hydrogen-bond donors (Lipinski definition) is 0. The quantitative estimate of drug-likeness (QED) is 0.739. The largest absolute Gasteiger partial charge is 0.333 e. The maximum Gasteiger partial charge on any atom is 0.223 e. The van der Waals surface area contributed by atoms with Crippen LogP contribution in [-0.4, -0.2) is 22.7 Å². The number of alkyl halides is 1. The van der Waals surface area contributed by atoms with Crippen molar-refractivity contribution < 1.29 is 6.17 Å². The lowest BCUT2D eigenvalue weighted by Gasteiger charge is -2.50. The monoisotopic (exact) mass is 350 g/mol. The highest BCUT2D eigenvalue weighted by molar-refractivity contribution is 9.09. The van der Waals surface area contributed by atoms with Crippen LogP contribution in [0.5, 0.6) is 0 Å². The molecule has 0 bridgehead atoms. The molecule has 0 aromatic heterocycles. The lowest BCUT2D eigenvalue weighted by atomic mass is 9.71. The van der Waals surface area contributed by atoms with Crippen molar-refractivity contribution in [3.63, 3.8) is 0 Å². The van der Waals surface area contributed by atoms with Crippen molar-refractivity contribution in [3.8, 4) is 0 Å². The summed E-state index contributed by atoms with van der Waals surface area (Å²) in [6.07, 6.45) is 6.87. The summed E-state index contributed by atoms with van der Waals surface area (Å²) in [6.45, 7) is 0.554. The molecule has 1 amide bonds. The third-order valence-electron chi connectivity index (χ3n) is 4.98. The third kappa shape index (κ3) is 2.77. The highest BCUT2D eigenvalue weighted by atomic mass is 79.9. The Morgan fingerprint density at radius 1 is 1.29 bits per heavy atom. The average Bonchev–Trinajstić information content (AvgIpc) is 2.57. The van der Waals surface area contributed by atoms with E-state index in [0.29, 0.717) is 13.0 Å². The molecule has 114 valence electrons. The molecule has 1 aliphatic carbocycles. The molecule has 1 saturated carbocycles. The molecule has 0 N–H and O–H groups in total. The van der Waals surface area contributed by atoms with E-state index in [9.17, 15) is 4.79 Å². The standard InChI is InChI=1S/C18H24BrNO/c19-13-6-9-17(21)20-14-10-15-7-2-3-8-16(15)18(20)11-4-1-5-12-18/h2-3,7-8H,1,4-6,9-14H2/i10D. The minimum absolute atomic E-state index is 0.143. The van der Waals surface area contributed by atoms with Crippen molar-refractivity contribution in [2.24, 2.45) is 0 Å². The molecule has 0 radical (unpaired) electrons. The highest BCUT2D eigenvalue weighted by Gasteiger charge is 2.44. The van der Waals surface area contributed by atoms with Gasteiger partial charge in [0.15, 0.2) is 0 Å². The summed E-state index contributed by atoms with van der Waals surface area (Å²) >= 11 is 3.42. The van der Waals surface area contributed by atoms with Gasteiger partial charge in [0.2, 0.25) is 5.91 Å². The van der Waals surface area contributed by atoms with E-state index >= 15 is 0 Å². The predicted molar refractivity (Wildman–Crippen MR) is 89.7 cm³/mol. The fourth-order valence-electron chi connectivity index (χ4n) is 3.98. The van der Waals surface area contributed by atoms with E-state index in [1.54, 1.807) is 0 Å². The molecule has 2 aliphatic rings. The van der Waals surface area contributed by atoms with Crippen LogP contribution < -0.4 is 0 Å².